The van der Waals surface area contributed by atoms with Crippen LogP contribution in [0.2, 0.25) is 0 Å². The molecule has 0 saturated carbocycles. The fraction of sp³-hybridized carbons (Fsp3) is 0.267. The molecule has 0 aliphatic heterocycles. The van der Waals surface area contributed by atoms with Crippen LogP contribution >= 0.6 is 0 Å². The number of hydrogen-bond acceptors (Lipinski definition) is 4. The van der Waals surface area contributed by atoms with Gasteiger partial charge in [0.1, 0.15) is 5.82 Å². The van der Waals surface area contributed by atoms with E-state index in [1.165, 1.54) is 18.2 Å². The highest BCUT2D eigenvalue weighted by Crippen LogP contribution is 2.03. The number of amides is 1. The summed E-state index contributed by atoms with van der Waals surface area (Å²) in [6, 6.07) is 7.44. The number of rotatable bonds is 6. The van der Waals surface area contributed by atoms with Crippen LogP contribution in [-0.4, -0.2) is 29.0 Å². The van der Waals surface area contributed by atoms with Crippen LogP contribution in [0, 0.1) is 12.7 Å². The third-order valence-corrected chi connectivity index (χ3v) is 2.80. The molecule has 2 N–H and O–H groups in total. The van der Waals surface area contributed by atoms with Crippen molar-refractivity contribution < 1.29 is 9.18 Å². The predicted octanol–water partition coefficient (Wildman–Crippen LogP) is 2.16. The quantitative estimate of drug-likeness (QED) is 0.799. The van der Waals surface area contributed by atoms with Gasteiger partial charge in [0, 0.05) is 30.5 Å². The molecule has 110 valence electrons. The molecule has 2 rings (SSSR count). The summed E-state index contributed by atoms with van der Waals surface area (Å²) < 4.78 is 13.0. The van der Waals surface area contributed by atoms with Crippen molar-refractivity contribution in [2.24, 2.45) is 0 Å². The van der Waals surface area contributed by atoms with E-state index in [1.54, 1.807) is 12.3 Å². The van der Waals surface area contributed by atoms with Crippen molar-refractivity contribution in [3.8, 4) is 0 Å². The van der Waals surface area contributed by atoms with E-state index in [1.807, 2.05) is 13.0 Å². The minimum absolute atomic E-state index is 0.277. The molecule has 5 nitrogen and oxygen atoms in total. The summed E-state index contributed by atoms with van der Waals surface area (Å²) in [6.07, 6.45) is 2.41. The number of nitrogens with zero attached hydrogens (tertiary/aromatic N) is 2. The molecule has 0 atom stereocenters. The molecular formula is C15H17FN4O. The molecule has 0 saturated heterocycles. The largest absolute Gasteiger partial charge is 0.354 e. The second-order valence-corrected chi connectivity index (χ2v) is 4.57. The van der Waals surface area contributed by atoms with Gasteiger partial charge in [-0.15, -0.1) is 0 Å². The standard InChI is InChI=1S/C15H17FN4O/c1-11-6-9-19-15(20-11)18-8-3-7-17-14(21)12-4-2-5-13(16)10-12/h2,4-6,9-10H,3,7-8H2,1H3,(H,17,21)(H,18,19,20). The second kappa shape index (κ2) is 7.33. The van der Waals surface area contributed by atoms with E-state index in [9.17, 15) is 9.18 Å². The van der Waals surface area contributed by atoms with Crippen LogP contribution in [-0.2, 0) is 0 Å². The highest BCUT2D eigenvalue weighted by atomic mass is 19.1. The number of halogens is 1. The lowest BCUT2D eigenvalue weighted by Gasteiger charge is -2.07. The zero-order chi connectivity index (χ0) is 15.1. The Bertz CT molecular complexity index is 618. The first-order valence-corrected chi connectivity index (χ1v) is 6.72. The minimum Gasteiger partial charge on any atom is -0.354 e. The number of benzene rings is 1. The van der Waals surface area contributed by atoms with Gasteiger partial charge in [-0.2, -0.15) is 0 Å². The van der Waals surface area contributed by atoms with Gasteiger partial charge in [-0.25, -0.2) is 14.4 Å². The van der Waals surface area contributed by atoms with Gasteiger partial charge in [-0.05, 0) is 37.6 Å². The lowest BCUT2D eigenvalue weighted by molar-refractivity contribution is 0.0953. The molecule has 1 heterocycles. The van der Waals surface area contributed by atoms with Gasteiger partial charge in [0.2, 0.25) is 5.95 Å². The Morgan fingerprint density at radius 2 is 2.14 bits per heavy atom. The average Bonchev–Trinajstić information content (AvgIpc) is 2.47. The maximum Gasteiger partial charge on any atom is 0.251 e. The number of aryl methyl sites for hydroxylation is 1. The highest BCUT2D eigenvalue weighted by molar-refractivity contribution is 5.94. The van der Waals surface area contributed by atoms with E-state index in [4.69, 9.17) is 0 Å². The molecular weight excluding hydrogens is 271 g/mol. The molecule has 21 heavy (non-hydrogen) atoms. The Balaban J connectivity index is 1.69. The van der Waals surface area contributed by atoms with Gasteiger partial charge in [0.05, 0.1) is 0 Å². The minimum atomic E-state index is -0.416. The number of nitrogens with one attached hydrogen (secondary N) is 2. The SMILES string of the molecule is Cc1ccnc(NCCCNC(=O)c2cccc(F)c2)n1. The van der Waals surface area contributed by atoms with Crippen molar-refractivity contribution in [2.45, 2.75) is 13.3 Å². The maximum absolute atomic E-state index is 13.0. The van der Waals surface area contributed by atoms with Gasteiger partial charge < -0.3 is 10.6 Å². The topological polar surface area (TPSA) is 66.9 Å². The first-order chi connectivity index (χ1) is 10.1. The summed E-state index contributed by atoms with van der Waals surface area (Å²) in [7, 11) is 0. The Kier molecular flexibility index (Phi) is 5.20. The number of anilines is 1. The predicted molar refractivity (Wildman–Crippen MR) is 78.6 cm³/mol. The van der Waals surface area contributed by atoms with Crippen LogP contribution in [0.1, 0.15) is 22.5 Å². The van der Waals surface area contributed by atoms with Gasteiger partial charge in [-0.1, -0.05) is 6.07 Å². The summed E-state index contributed by atoms with van der Waals surface area (Å²) in [5.41, 5.74) is 1.22. The van der Waals surface area contributed by atoms with E-state index < -0.39 is 5.82 Å². The summed E-state index contributed by atoms with van der Waals surface area (Å²) in [5.74, 6) is -0.117. The molecule has 1 aromatic heterocycles. The molecule has 1 aromatic carbocycles. The first-order valence-electron chi connectivity index (χ1n) is 6.72. The zero-order valence-corrected chi connectivity index (χ0v) is 11.8. The maximum atomic E-state index is 13.0. The van der Waals surface area contributed by atoms with E-state index in [0.29, 0.717) is 24.6 Å². The van der Waals surface area contributed by atoms with Crippen LogP contribution in [0.4, 0.5) is 10.3 Å². The van der Waals surface area contributed by atoms with Gasteiger partial charge in [0.25, 0.3) is 5.91 Å². The molecule has 0 aliphatic carbocycles. The molecule has 6 heteroatoms. The van der Waals surface area contributed by atoms with Crippen molar-refractivity contribution in [3.63, 3.8) is 0 Å². The fourth-order valence-corrected chi connectivity index (χ4v) is 1.76. The summed E-state index contributed by atoms with van der Waals surface area (Å²) in [6.45, 7) is 3.03. The normalized spacial score (nSPS) is 10.2. The van der Waals surface area contributed by atoms with Crippen LogP contribution in [0.25, 0.3) is 0 Å². The number of aromatic nitrogens is 2. The van der Waals surface area contributed by atoms with E-state index in [0.717, 1.165) is 12.1 Å². The molecule has 0 unspecified atom stereocenters. The van der Waals surface area contributed by atoms with Gasteiger partial charge in [0.15, 0.2) is 0 Å². The third-order valence-electron chi connectivity index (χ3n) is 2.80. The number of hydrogen-bond donors (Lipinski definition) is 2. The third kappa shape index (κ3) is 4.83. The number of carbonyl (C=O) groups excluding carboxylic acids is 1. The Hall–Kier alpha value is -2.50. The summed E-state index contributed by atoms with van der Waals surface area (Å²) >= 11 is 0. The summed E-state index contributed by atoms with van der Waals surface area (Å²) in [4.78, 5) is 20.0. The smallest absolute Gasteiger partial charge is 0.251 e. The van der Waals surface area contributed by atoms with E-state index in [-0.39, 0.29) is 5.91 Å². The highest BCUT2D eigenvalue weighted by Gasteiger charge is 2.05. The second-order valence-electron chi connectivity index (χ2n) is 4.57. The fourth-order valence-electron chi connectivity index (χ4n) is 1.76. The lowest BCUT2D eigenvalue weighted by atomic mass is 10.2. The van der Waals surface area contributed by atoms with Crippen molar-refractivity contribution in [1.82, 2.24) is 15.3 Å². The molecule has 0 bridgehead atoms. The van der Waals surface area contributed by atoms with Gasteiger partial charge >= 0.3 is 0 Å². The molecule has 2 aromatic rings. The average molecular weight is 288 g/mol. The van der Waals surface area contributed by atoms with Crippen molar-refractivity contribution >= 4 is 11.9 Å². The molecule has 0 radical (unpaired) electrons. The van der Waals surface area contributed by atoms with Crippen LogP contribution < -0.4 is 10.6 Å². The van der Waals surface area contributed by atoms with E-state index >= 15 is 0 Å². The lowest BCUT2D eigenvalue weighted by Crippen LogP contribution is -2.26. The van der Waals surface area contributed by atoms with Crippen molar-refractivity contribution in [2.75, 3.05) is 18.4 Å². The van der Waals surface area contributed by atoms with Crippen LogP contribution in [0.3, 0.4) is 0 Å². The Morgan fingerprint density at radius 3 is 2.90 bits per heavy atom. The van der Waals surface area contributed by atoms with Crippen molar-refractivity contribution in [1.29, 1.82) is 0 Å². The molecule has 0 fully saturated rings. The monoisotopic (exact) mass is 288 g/mol. The Morgan fingerprint density at radius 1 is 1.29 bits per heavy atom. The Labute approximate surface area is 122 Å². The van der Waals surface area contributed by atoms with Gasteiger partial charge in [-0.3, -0.25) is 4.79 Å². The molecule has 0 spiro atoms. The molecule has 0 aliphatic rings. The van der Waals surface area contributed by atoms with Crippen LogP contribution in [0.15, 0.2) is 36.5 Å². The molecule has 1 amide bonds. The van der Waals surface area contributed by atoms with Crippen LogP contribution in [0.5, 0.6) is 0 Å². The zero-order valence-electron chi connectivity index (χ0n) is 11.8. The summed E-state index contributed by atoms with van der Waals surface area (Å²) in [5, 5.41) is 5.81. The number of carbonyl (C=O) groups is 1. The van der Waals surface area contributed by atoms with Crippen molar-refractivity contribution in [3.05, 3.63) is 53.6 Å². The first kappa shape index (κ1) is 14.9. The van der Waals surface area contributed by atoms with E-state index in [2.05, 4.69) is 20.6 Å².